The number of nitrogens with zero attached hydrogens (tertiary/aromatic N) is 1. The molecular formula is C11H17NO3. The van der Waals surface area contributed by atoms with Gasteiger partial charge in [0, 0.05) is 19.0 Å². The molecule has 84 valence electrons. The second-order valence-electron chi connectivity index (χ2n) is 5.35. The maximum atomic E-state index is 11.9. The fourth-order valence-electron chi connectivity index (χ4n) is 2.27. The number of carbonyl (C=O) groups is 2. The zero-order chi connectivity index (χ0) is 11.2. The molecule has 2 aliphatic rings. The summed E-state index contributed by atoms with van der Waals surface area (Å²) in [6.45, 7) is 5.18. The first-order chi connectivity index (χ1) is 6.92. The van der Waals surface area contributed by atoms with Crippen molar-refractivity contribution in [1.82, 2.24) is 4.90 Å². The third-order valence-corrected chi connectivity index (χ3v) is 3.66. The highest BCUT2D eigenvalue weighted by Crippen LogP contribution is 2.52. The molecule has 0 aromatic heterocycles. The Labute approximate surface area is 89.3 Å². The molecule has 1 aliphatic carbocycles. The molecule has 1 heterocycles. The highest BCUT2D eigenvalue weighted by Gasteiger charge is 2.52. The normalized spacial score (nSPS) is 32.8. The van der Waals surface area contributed by atoms with E-state index in [1.54, 1.807) is 4.90 Å². The molecule has 2 fully saturated rings. The number of carbonyl (C=O) groups excluding carboxylic acids is 1. The number of hydrogen-bond donors (Lipinski definition) is 1. The Morgan fingerprint density at radius 2 is 2.00 bits per heavy atom. The monoisotopic (exact) mass is 211 g/mol. The van der Waals surface area contributed by atoms with Crippen LogP contribution < -0.4 is 0 Å². The second-order valence-corrected chi connectivity index (χ2v) is 5.35. The third-order valence-electron chi connectivity index (χ3n) is 3.66. The van der Waals surface area contributed by atoms with Crippen molar-refractivity contribution >= 4 is 11.9 Å². The van der Waals surface area contributed by atoms with Gasteiger partial charge in [-0.15, -0.1) is 0 Å². The molecule has 1 aliphatic heterocycles. The first kappa shape index (κ1) is 10.5. The number of carboxylic acids is 1. The van der Waals surface area contributed by atoms with Crippen LogP contribution in [-0.2, 0) is 9.59 Å². The summed E-state index contributed by atoms with van der Waals surface area (Å²) in [5.74, 6) is -0.843. The van der Waals surface area contributed by atoms with Crippen LogP contribution in [0.25, 0.3) is 0 Å². The lowest BCUT2D eigenvalue weighted by atomic mass is 10.1. The molecule has 0 aromatic rings. The van der Waals surface area contributed by atoms with Crippen LogP contribution >= 0.6 is 0 Å². The van der Waals surface area contributed by atoms with Crippen molar-refractivity contribution in [2.24, 2.45) is 17.3 Å². The van der Waals surface area contributed by atoms with E-state index in [9.17, 15) is 9.59 Å². The van der Waals surface area contributed by atoms with Gasteiger partial charge in [-0.25, -0.2) is 0 Å². The average molecular weight is 211 g/mol. The van der Waals surface area contributed by atoms with Gasteiger partial charge in [0.05, 0.1) is 5.92 Å². The molecule has 1 saturated carbocycles. The lowest BCUT2D eigenvalue weighted by Crippen LogP contribution is -2.32. The summed E-state index contributed by atoms with van der Waals surface area (Å²) in [5, 5.41) is 8.83. The first-order valence-electron chi connectivity index (χ1n) is 5.43. The summed E-state index contributed by atoms with van der Waals surface area (Å²) in [7, 11) is 0. The van der Waals surface area contributed by atoms with E-state index in [0.29, 0.717) is 19.5 Å². The van der Waals surface area contributed by atoms with E-state index < -0.39 is 5.97 Å². The summed E-state index contributed by atoms with van der Waals surface area (Å²) in [4.78, 5) is 24.4. The zero-order valence-corrected chi connectivity index (χ0v) is 9.19. The van der Waals surface area contributed by atoms with E-state index in [1.165, 1.54) is 0 Å². The van der Waals surface area contributed by atoms with Crippen molar-refractivity contribution in [3.8, 4) is 0 Å². The van der Waals surface area contributed by atoms with Crippen LogP contribution in [0.3, 0.4) is 0 Å². The lowest BCUT2D eigenvalue weighted by Gasteiger charge is -2.16. The van der Waals surface area contributed by atoms with Crippen molar-refractivity contribution in [3.63, 3.8) is 0 Å². The Hall–Kier alpha value is -1.06. The zero-order valence-electron chi connectivity index (χ0n) is 9.19. The Kier molecular flexibility index (Phi) is 2.24. The molecule has 4 heteroatoms. The van der Waals surface area contributed by atoms with Crippen LogP contribution in [0.5, 0.6) is 0 Å². The Morgan fingerprint density at radius 3 is 2.40 bits per heavy atom. The third kappa shape index (κ3) is 1.85. The van der Waals surface area contributed by atoms with Gasteiger partial charge in [0.25, 0.3) is 0 Å². The molecule has 1 N–H and O–H groups in total. The number of likely N-dealkylation sites (tertiary alicyclic amines) is 1. The average Bonchev–Trinajstić information content (AvgIpc) is 2.65. The molecule has 1 amide bonds. The standard InChI is InChI=1S/C11H17NO3/c1-11(2)5-8(11)9(13)12-4-3-7(6-12)10(14)15/h7-8H,3-6H2,1-2H3,(H,14,15)/t7?,8-/m1/s1. The van der Waals surface area contributed by atoms with Crippen molar-refractivity contribution in [2.45, 2.75) is 26.7 Å². The molecule has 0 radical (unpaired) electrons. The van der Waals surface area contributed by atoms with Gasteiger partial charge in [0.1, 0.15) is 0 Å². The van der Waals surface area contributed by atoms with Crippen LogP contribution in [0.4, 0.5) is 0 Å². The van der Waals surface area contributed by atoms with Crippen molar-refractivity contribution in [1.29, 1.82) is 0 Å². The summed E-state index contributed by atoms with van der Waals surface area (Å²) < 4.78 is 0. The van der Waals surface area contributed by atoms with Crippen LogP contribution in [0, 0.1) is 17.3 Å². The molecular weight excluding hydrogens is 194 g/mol. The number of hydrogen-bond acceptors (Lipinski definition) is 2. The van der Waals surface area contributed by atoms with Gasteiger partial charge in [-0.2, -0.15) is 0 Å². The minimum absolute atomic E-state index is 0.130. The van der Waals surface area contributed by atoms with Gasteiger partial charge in [-0.05, 0) is 18.3 Å². The number of aliphatic carboxylic acids is 1. The minimum Gasteiger partial charge on any atom is -0.481 e. The van der Waals surface area contributed by atoms with Crippen LogP contribution in [0.2, 0.25) is 0 Å². The quantitative estimate of drug-likeness (QED) is 0.740. The van der Waals surface area contributed by atoms with Gasteiger partial charge in [-0.3, -0.25) is 9.59 Å². The summed E-state index contributed by atoms with van der Waals surface area (Å²) in [6, 6.07) is 0. The summed E-state index contributed by atoms with van der Waals surface area (Å²) in [5.41, 5.74) is 0.137. The Balaban J connectivity index is 1.92. The van der Waals surface area contributed by atoms with E-state index in [1.807, 2.05) is 0 Å². The van der Waals surface area contributed by atoms with Crippen LogP contribution in [-0.4, -0.2) is 35.0 Å². The molecule has 15 heavy (non-hydrogen) atoms. The molecule has 0 aromatic carbocycles. The van der Waals surface area contributed by atoms with Gasteiger partial charge in [0.2, 0.25) is 5.91 Å². The molecule has 4 nitrogen and oxygen atoms in total. The first-order valence-corrected chi connectivity index (χ1v) is 5.43. The summed E-state index contributed by atoms with van der Waals surface area (Å²) >= 11 is 0. The number of amides is 1. The fraction of sp³-hybridized carbons (Fsp3) is 0.818. The van der Waals surface area contributed by atoms with Crippen molar-refractivity contribution in [3.05, 3.63) is 0 Å². The second kappa shape index (κ2) is 3.22. The van der Waals surface area contributed by atoms with E-state index in [4.69, 9.17) is 5.11 Å². The highest BCUT2D eigenvalue weighted by molar-refractivity contribution is 5.83. The Morgan fingerprint density at radius 1 is 1.40 bits per heavy atom. The number of carboxylic acid groups (broad SMARTS) is 1. The SMILES string of the molecule is CC1(C)C[C@@H]1C(=O)N1CCC(C(=O)O)C1. The predicted molar refractivity (Wildman–Crippen MR) is 54.2 cm³/mol. The van der Waals surface area contributed by atoms with Crippen molar-refractivity contribution in [2.75, 3.05) is 13.1 Å². The van der Waals surface area contributed by atoms with E-state index in [0.717, 1.165) is 6.42 Å². The van der Waals surface area contributed by atoms with Gasteiger partial charge in [0.15, 0.2) is 0 Å². The van der Waals surface area contributed by atoms with Gasteiger partial charge in [-0.1, -0.05) is 13.8 Å². The fourth-order valence-corrected chi connectivity index (χ4v) is 2.27. The van der Waals surface area contributed by atoms with E-state index in [2.05, 4.69) is 13.8 Å². The van der Waals surface area contributed by atoms with E-state index in [-0.39, 0.29) is 23.2 Å². The molecule has 0 bridgehead atoms. The lowest BCUT2D eigenvalue weighted by molar-refractivity contribution is -0.141. The van der Waals surface area contributed by atoms with Crippen molar-refractivity contribution < 1.29 is 14.7 Å². The molecule has 1 unspecified atom stereocenters. The maximum absolute atomic E-state index is 11.9. The predicted octanol–water partition coefficient (Wildman–Crippen LogP) is 0.966. The minimum atomic E-state index is -0.777. The van der Waals surface area contributed by atoms with E-state index >= 15 is 0 Å². The Bertz CT molecular complexity index is 311. The van der Waals surface area contributed by atoms with Gasteiger partial charge < -0.3 is 10.0 Å². The highest BCUT2D eigenvalue weighted by atomic mass is 16.4. The summed E-state index contributed by atoms with van der Waals surface area (Å²) in [6.07, 6.45) is 1.55. The maximum Gasteiger partial charge on any atom is 0.308 e. The topological polar surface area (TPSA) is 57.6 Å². The molecule has 1 saturated heterocycles. The number of rotatable bonds is 2. The van der Waals surface area contributed by atoms with Crippen LogP contribution in [0.15, 0.2) is 0 Å². The molecule has 0 spiro atoms. The van der Waals surface area contributed by atoms with Gasteiger partial charge >= 0.3 is 5.97 Å². The molecule has 2 rings (SSSR count). The largest absolute Gasteiger partial charge is 0.481 e. The smallest absolute Gasteiger partial charge is 0.308 e. The van der Waals surface area contributed by atoms with Crippen LogP contribution in [0.1, 0.15) is 26.7 Å². The molecule has 2 atom stereocenters.